The summed E-state index contributed by atoms with van der Waals surface area (Å²) < 4.78 is 5.25. The highest BCUT2D eigenvalue weighted by Crippen LogP contribution is 2.63. The highest BCUT2D eigenvalue weighted by molar-refractivity contribution is 9.09. The zero-order valence-electron chi connectivity index (χ0n) is 28.4. The van der Waals surface area contributed by atoms with Crippen molar-refractivity contribution < 1.29 is 29.0 Å². The lowest BCUT2D eigenvalue weighted by Crippen LogP contribution is -2.60. The number of hydrogen-bond acceptors (Lipinski definition) is 9. The average Bonchev–Trinajstić information content (AvgIpc) is 3.48. The Hall–Kier alpha value is -4.52. The van der Waals surface area contributed by atoms with E-state index < -0.39 is 51.1 Å². The van der Waals surface area contributed by atoms with Crippen LogP contribution in [0.25, 0.3) is 6.08 Å². The molecule has 6 atom stereocenters. The normalized spacial score (nSPS) is 28.4. The number of carbonyl (C=O) groups is 4. The van der Waals surface area contributed by atoms with Crippen LogP contribution in [0.5, 0.6) is 11.5 Å². The molecule has 4 amide bonds. The second-order valence-corrected chi connectivity index (χ2v) is 15.2. The third-order valence-corrected chi connectivity index (χ3v) is 12.4. The number of imide groups is 2. The molecule has 2 saturated heterocycles. The molecule has 2 heterocycles. The lowest BCUT2D eigenvalue weighted by molar-refractivity contribution is -0.138. The van der Waals surface area contributed by atoms with E-state index in [1.54, 1.807) is 48.6 Å². The number of halogens is 3. The van der Waals surface area contributed by atoms with Gasteiger partial charge < -0.3 is 14.7 Å². The molecule has 6 unspecified atom stereocenters. The Morgan fingerprint density at radius 1 is 0.942 bits per heavy atom. The Morgan fingerprint density at radius 3 is 2.21 bits per heavy atom. The molecule has 3 fully saturated rings. The van der Waals surface area contributed by atoms with Crippen LogP contribution in [-0.4, -0.2) is 70.0 Å². The number of phenols is 1. The Kier molecular flexibility index (Phi) is 9.29. The van der Waals surface area contributed by atoms with Crippen LogP contribution in [0.3, 0.4) is 0 Å². The van der Waals surface area contributed by atoms with Crippen LogP contribution in [0.4, 0.5) is 22.7 Å². The predicted molar refractivity (Wildman–Crippen MR) is 202 cm³/mol. The van der Waals surface area contributed by atoms with Crippen molar-refractivity contribution in [3.05, 3.63) is 90.0 Å². The van der Waals surface area contributed by atoms with Crippen LogP contribution in [-0.2, 0) is 19.2 Å². The molecule has 2 aliphatic carbocycles. The van der Waals surface area contributed by atoms with Crippen molar-refractivity contribution in [1.29, 1.82) is 0 Å². The van der Waals surface area contributed by atoms with Gasteiger partial charge in [0, 0.05) is 25.7 Å². The number of amides is 4. The number of allylic oxidation sites excluding steroid dienone is 3. The molecule has 14 heteroatoms. The Labute approximate surface area is 318 Å². The summed E-state index contributed by atoms with van der Waals surface area (Å²) in [5.41, 5.74) is 3.83. The monoisotopic (exact) mass is 805 g/mol. The molecular weight excluding hydrogens is 773 g/mol. The summed E-state index contributed by atoms with van der Waals surface area (Å²) in [6, 6.07) is 19.0. The fourth-order valence-corrected chi connectivity index (χ4v) is 9.24. The van der Waals surface area contributed by atoms with Gasteiger partial charge in [-0.25, -0.2) is 0 Å². The first kappa shape index (κ1) is 35.9. The summed E-state index contributed by atoms with van der Waals surface area (Å²) in [7, 11) is 5.34. The van der Waals surface area contributed by atoms with Gasteiger partial charge in [-0.15, -0.1) is 23.2 Å². The number of rotatable bonds is 8. The molecule has 0 spiro atoms. The summed E-state index contributed by atoms with van der Waals surface area (Å²) in [5.74, 6) is -4.98. The minimum absolute atomic E-state index is 0.0458. The summed E-state index contributed by atoms with van der Waals surface area (Å²) >= 11 is 17.8. The number of methoxy groups -OCH3 is 1. The number of aromatic hydroxyl groups is 1. The molecule has 52 heavy (non-hydrogen) atoms. The molecule has 1 N–H and O–H groups in total. The van der Waals surface area contributed by atoms with Gasteiger partial charge in [0.05, 0.1) is 41.5 Å². The van der Waals surface area contributed by atoms with E-state index in [2.05, 4.69) is 26.2 Å². The number of azo groups is 1. The lowest BCUT2D eigenvalue weighted by Gasteiger charge is -2.49. The van der Waals surface area contributed by atoms with E-state index in [1.165, 1.54) is 18.1 Å². The van der Waals surface area contributed by atoms with Gasteiger partial charge in [0.2, 0.25) is 11.8 Å². The second kappa shape index (κ2) is 13.5. The van der Waals surface area contributed by atoms with Crippen LogP contribution >= 0.6 is 39.1 Å². The number of nitrogens with zero attached hydrogens (tertiary/aromatic N) is 5. The van der Waals surface area contributed by atoms with Crippen LogP contribution in [0, 0.1) is 23.7 Å². The molecule has 3 aromatic rings. The van der Waals surface area contributed by atoms with Crippen molar-refractivity contribution in [2.45, 2.75) is 22.6 Å². The molecule has 2 aliphatic heterocycles. The minimum Gasteiger partial charge on any atom is -0.504 e. The Morgan fingerprint density at radius 2 is 1.60 bits per heavy atom. The average molecular weight is 808 g/mol. The maximum atomic E-state index is 14.3. The van der Waals surface area contributed by atoms with E-state index in [9.17, 15) is 24.3 Å². The molecule has 0 aromatic heterocycles. The molecule has 3 aromatic carbocycles. The third-order valence-electron chi connectivity index (χ3n) is 10.5. The molecule has 1 saturated carbocycles. The van der Waals surface area contributed by atoms with Crippen molar-refractivity contribution >= 4 is 91.6 Å². The highest BCUT2D eigenvalue weighted by atomic mass is 79.9. The van der Waals surface area contributed by atoms with E-state index in [-0.39, 0.29) is 35.7 Å². The Balaban J connectivity index is 1.20. The van der Waals surface area contributed by atoms with Gasteiger partial charge in [-0.2, -0.15) is 10.2 Å². The number of fused-ring (bicyclic) bond motifs is 4. The van der Waals surface area contributed by atoms with Crippen LogP contribution < -0.4 is 14.5 Å². The smallest absolute Gasteiger partial charge is 0.254 e. The number of alkyl halides is 3. The van der Waals surface area contributed by atoms with E-state index in [4.69, 9.17) is 27.9 Å². The van der Waals surface area contributed by atoms with Crippen molar-refractivity contribution in [2.75, 3.05) is 36.5 Å². The highest BCUT2D eigenvalue weighted by Gasteiger charge is 2.75. The zero-order chi connectivity index (χ0) is 37.1. The van der Waals surface area contributed by atoms with Crippen LogP contribution in [0.15, 0.2) is 94.7 Å². The molecule has 11 nitrogen and oxygen atoms in total. The number of ether oxygens (including phenoxy) is 1. The number of likely N-dealkylation sites (tertiary alicyclic amines) is 1. The van der Waals surface area contributed by atoms with Crippen LogP contribution in [0.1, 0.15) is 18.4 Å². The standard InChI is InChI=1S/C38H34BrCl2N5O6/c1-44(2)24-10-6-22(7-11-24)42-43-23-8-12-25(13-9-23)46-33(48)27-15-14-26-28(32(27)34(46)49)19-37(40)35(50)45(20-39)36(51)38(37,41)29(26)16-4-21-5-17-30(47)31(18-21)52-3/h4-14,16-18,27-29,32,47H,15,19-20H2,1-3H3. The quantitative estimate of drug-likeness (QED) is 0.0829. The first-order valence-electron chi connectivity index (χ1n) is 16.6. The fraction of sp³-hybridized carbons (Fsp3) is 0.316. The largest absolute Gasteiger partial charge is 0.504 e. The number of hydrogen-bond donors (Lipinski definition) is 1. The first-order chi connectivity index (χ1) is 24.8. The van der Waals surface area contributed by atoms with Crippen molar-refractivity contribution in [3.63, 3.8) is 0 Å². The van der Waals surface area contributed by atoms with Crippen LogP contribution in [0.2, 0.25) is 0 Å². The fourth-order valence-electron chi connectivity index (χ4n) is 7.86. The maximum absolute atomic E-state index is 14.3. The van der Waals surface area contributed by atoms with Gasteiger partial charge >= 0.3 is 0 Å². The van der Waals surface area contributed by atoms with E-state index in [0.29, 0.717) is 28.2 Å². The third kappa shape index (κ3) is 5.54. The topological polar surface area (TPSA) is 132 Å². The molecule has 7 rings (SSSR count). The molecule has 268 valence electrons. The van der Waals surface area contributed by atoms with Gasteiger partial charge in [-0.05, 0) is 85.0 Å². The summed E-state index contributed by atoms with van der Waals surface area (Å²) in [5, 5.41) is 18.7. The van der Waals surface area contributed by atoms with Gasteiger partial charge in [0.15, 0.2) is 21.2 Å². The molecular formula is C38H34BrCl2N5O6. The van der Waals surface area contributed by atoms with E-state index in [0.717, 1.165) is 10.6 Å². The molecule has 0 bridgehead atoms. The lowest BCUT2D eigenvalue weighted by atomic mass is 9.57. The number of carbonyl (C=O) groups excluding carboxylic acids is 4. The van der Waals surface area contributed by atoms with Gasteiger partial charge in [-0.1, -0.05) is 45.8 Å². The summed E-state index contributed by atoms with van der Waals surface area (Å²) in [4.78, 5) is 56.4. The SMILES string of the molecule is COc1cc(C=CC2C3=CCC4C(=O)N(c5ccc(N=Nc6ccc(N(C)C)cc6)cc5)C(=O)C4C3CC3(Cl)C(=O)N(CBr)C(=O)C23Cl)ccc1O. The van der Waals surface area contributed by atoms with Gasteiger partial charge in [0.1, 0.15) is 0 Å². The Bertz CT molecular complexity index is 2070. The van der Waals surface area contributed by atoms with E-state index >= 15 is 0 Å². The van der Waals surface area contributed by atoms with Crippen molar-refractivity contribution in [2.24, 2.45) is 33.9 Å². The predicted octanol–water partition coefficient (Wildman–Crippen LogP) is 7.34. The minimum atomic E-state index is -1.91. The van der Waals surface area contributed by atoms with Gasteiger partial charge in [-0.3, -0.25) is 29.0 Å². The summed E-state index contributed by atoms with van der Waals surface area (Å²) in [6.07, 6.45) is 5.42. The van der Waals surface area contributed by atoms with Gasteiger partial charge in [0.25, 0.3) is 11.8 Å². The van der Waals surface area contributed by atoms with Crippen molar-refractivity contribution in [1.82, 2.24) is 4.90 Å². The second-order valence-electron chi connectivity index (χ2n) is 13.5. The number of phenolic OH excluding ortho intramolecular Hbond substituents is 1. The van der Waals surface area contributed by atoms with E-state index in [1.807, 2.05) is 49.3 Å². The zero-order valence-corrected chi connectivity index (χ0v) is 31.5. The number of benzene rings is 3. The van der Waals surface area contributed by atoms with Crippen molar-refractivity contribution in [3.8, 4) is 11.5 Å². The first-order valence-corrected chi connectivity index (χ1v) is 18.4. The maximum Gasteiger partial charge on any atom is 0.254 e. The molecule has 4 aliphatic rings. The number of anilines is 2. The summed E-state index contributed by atoms with van der Waals surface area (Å²) in [6.45, 7) is 0. The molecule has 0 radical (unpaired) electrons.